The Bertz CT molecular complexity index is 1370. The summed E-state index contributed by atoms with van der Waals surface area (Å²) in [6, 6.07) is 20.0. The molecule has 0 saturated carbocycles. The standard InChI is InChI=1S/C24H24ClN3O2S/c1-16-6-5-7-17(14-16)21-15-22-20(25)12-13-23(28(22)26-21)27-31(29,30)19-10-8-18(9-11-19)24(2,3)4/h5-15,27H,1-4H3. The van der Waals surface area contributed by atoms with Crippen LogP contribution < -0.4 is 4.72 Å². The van der Waals surface area contributed by atoms with Gasteiger partial charge in [0.2, 0.25) is 0 Å². The van der Waals surface area contributed by atoms with E-state index < -0.39 is 10.0 Å². The van der Waals surface area contributed by atoms with Crippen molar-refractivity contribution >= 4 is 33.0 Å². The summed E-state index contributed by atoms with van der Waals surface area (Å²) >= 11 is 6.37. The summed E-state index contributed by atoms with van der Waals surface area (Å²) < 4.78 is 30.2. The van der Waals surface area contributed by atoms with Crippen molar-refractivity contribution in [1.29, 1.82) is 0 Å². The normalized spacial score (nSPS) is 12.3. The Morgan fingerprint density at radius 1 is 0.968 bits per heavy atom. The van der Waals surface area contributed by atoms with Crippen LogP contribution in [0.15, 0.2) is 71.6 Å². The zero-order valence-corrected chi connectivity index (χ0v) is 19.4. The molecule has 5 nitrogen and oxygen atoms in total. The summed E-state index contributed by atoms with van der Waals surface area (Å²) in [6.07, 6.45) is 0. The molecule has 0 aliphatic carbocycles. The van der Waals surface area contributed by atoms with E-state index in [1.54, 1.807) is 24.3 Å². The second kappa shape index (κ2) is 7.70. The van der Waals surface area contributed by atoms with E-state index in [2.05, 4.69) is 30.6 Å². The maximum atomic E-state index is 13.0. The predicted molar refractivity (Wildman–Crippen MR) is 126 cm³/mol. The van der Waals surface area contributed by atoms with Crippen LogP contribution in [-0.4, -0.2) is 18.0 Å². The van der Waals surface area contributed by atoms with Gasteiger partial charge in [0, 0.05) is 5.56 Å². The molecule has 0 bridgehead atoms. The zero-order chi connectivity index (χ0) is 22.4. The number of pyridine rings is 1. The molecule has 4 rings (SSSR count). The van der Waals surface area contributed by atoms with Gasteiger partial charge in [0.1, 0.15) is 5.82 Å². The number of sulfonamides is 1. The van der Waals surface area contributed by atoms with Gasteiger partial charge >= 0.3 is 0 Å². The van der Waals surface area contributed by atoms with E-state index >= 15 is 0 Å². The molecule has 2 heterocycles. The third-order valence-corrected chi connectivity index (χ3v) is 6.84. The average Bonchev–Trinajstić information content (AvgIpc) is 3.16. The van der Waals surface area contributed by atoms with Gasteiger partial charge in [0.05, 0.1) is 21.1 Å². The molecule has 2 aromatic heterocycles. The average molecular weight is 454 g/mol. The van der Waals surface area contributed by atoms with E-state index in [0.717, 1.165) is 16.7 Å². The number of nitrogens with one attached hydrogen (secondary N) is 1. The molecule has 0 aliphatic heterocycles. The molecule has 0 amide bonds. The number of hydrogen-bond acceptors (Lipinski definition) is 3. The number of hydrogen-bond donors (Lipinski definition) is 1. The fraction of sp³-hybridized carbons (Fsp3) is 0.208. The summed E-state index contributed by atoms with van der Waals surface area (Å²) in [7, 11) is -3.80. The van der Waals surface area contributed by atoms with Crippen molar-refractivity contribution in [3.63, 3.8) is 0 Å². The highest BCUT2D eigenvalue weighted by atomic mass is 35.5. The van der Waals surface area contributed by atoms with Crippen LogP contribution in [0.1, 0.15) is 31.9 Å². The molecule has 7 heteroatoms. The summed E-state index contributed by atoms with van der Waals surface area (Å²) in [4.78, 5) is 0.190. The molecule has 0 radical (unpaired) electrons. The summed E-state index contributed by atoms with van der Waals surface area (Å²) in [5.41, 5.74) is 4.40. The molecule has 1 N–H and O–H groups in total. The zero-order valence-electron chi connectivity index (χ0n) is 17.8. The van der Waals surface area contributed by atoms with Crippen molar-refractivity contribution in [1.82, 2.24) is 9.61 Å². The van der Waals surface area contributed by atoms with Crippen molar-refractivity contribution < 1.29 is 8.42 Å². The van der Waals surface area contributed by atoms with E-state index in [4.69, 9.17) is 11.6 Å². The van der Waals surface area contributed by atoms with E-state index in [0.29, 0.717) is 22.1 Å². The second-order valence-electron chi connectivity index (χ2n) is 8.64. The van der Waals surface area contributed by atoms with E-state index in [1.807, 2.05) is 49.4 Å². The van der Waals surface area contributed by atoms with Crippen LogP contribution in [0.2, 0.25) is 5.02 Å². The Balaban J connectivity index is 1.73. The van der Waals surface area contributed by atoms with Crippen LogP contribution in [0, 0.1) is 6.92 Å². The first kappa shape index (κ1) is 21.4. The molecule has 0 saturated heterocycles. The lowest BCUT2D eigenvalue weighted by atomic mass is 9.87. The van der Waals surface area contributed by atoms with Gasteiger partial charge in [-0.3, -0.25) is 4.72 Å². The highest BCUT2D eigenvalue weighted by Crippen LogP contribution is 2.29. The highest BCUT2D eigenvalue weighted by Gasteiger charge is 2.20. The quantitative estimate of drug-likeness (QED) is 0.408. The number of fused-ring (bicyclic) bond motifs is 1. The molecular weight excluding hydrogens is 430 g/mol. The third-order valence-electron chi connectivity index (χ3n) is 5.15. The van der Waals surface area contributed by atoms with Crippen LogP contribution in [0.4, 0.5) is 5.82 Å². The first-order valence-corrected chi connectivity index (χ1v) is 11.8. The number of aryl methyl sites for hydroxylation is 1. The van der Waals surface area contributed by atoms with Crippen molar-refractivity contribution in [3.05, 3.63) is 82.9 Å². The smallest absolute Gasteiger partial charge is 0.263 e. The number of anilines is 1. The number of rotatable bonds is 4. The minimum atomic E-state index is -3.80. The van der Waals surface area contributed by atoms with Crippen LogP contribution in [-0.2, 0) is 15.4 Å². The Labute approximate surface area is 187 Å². The lowest BCUT2D eigenvalue weighted by Gasteiger charge is -2.19. The minimum absolute atomic E-state index is 0.0562. The molecule has 2 aromatic carbocycles. The number of benzene rings is 2. The Kier molecular flexibility index (Phi) is 5.31. The van der Waals surface area contributed by atoms with Gasteiger partial charge in [-0.15, -0.1) is 0 Å². The topological polar surface area (TPSA) is 63.5 Å². The number of nitrogens with zero attached hydrogens (tertiary/aromatic N) is 2. The van der Waals surface area contributed by atoms with Gasteiger partial charge in [-0.1, -0.05) is 68.3 Å². The fourth-order valence-electron chi connectivity index (χ4n) is 3.40. The van der Waals surface area contributed by atoms with E-state index in [-0.39, 0.29) is 10.3 Å². The Hall–Kier alpha value is -2.83. The number of halogens is 1. The maximum Gasteiger partial charge on any atom is 0.263 e. The number of aromatic nitrogens is 2. The van der Waals surface area contributed by atoms with Crippen molar-refractivity contribution in [2.45, 2.75) is 38.0 Å². The van der Waals surface area contributed by atoms with Crippen LogP contribution in [0.5, 0.6) is 0 Å². The lowest BCUT2D eigenvalue weighted by molar-refractivity contribution is 0.587. The Morgan fingerprint density at radius 3 is 2.32 bits per heavy atom. The van der Waals surface area contributed by atoms with Crippen molar-refractivity contribution in [3.8, 4) is 11.3 Å². The first-order chi connectivity index (χ1) is 14.5. The molecular formula is C24H24ClN3O2S. The predicted octanol–water partition coefficient (Wildman–Crippen LogP) is 6.06. The van der Waals surface area contributed by atoms with E-state index in [9.17, 15) is 8.42 Å². The van der Waals surface area contributed by atoms with Gasteiger partial charge in [-0.2, -0.15) is 5.10 Å². The van der Waals surface area contributed by atoms with Crippen molar-refractivity contribution in [2.75, 3.05) is 4.72 Å². The van der Waals surface area contributed by atoms with Crippen LogP contribution in [0.3, 0.4) is 0 Å². The Morgan fingerprint density at radius 2 is 1.68 bits per heavy atom. The third kappa shape index (κ3) is 4.31. The second-order valence-corrected chi connectivity index (χ2v) is 10.7. The van der Waals surface area contributed by atoms with Crippen LogP contribution >= 0.6 is 11.6 Å². The van der Waals surface area contributed by atoms with E-state index in [1.165, 1.54) is 4.52 Å². The molecule has 160 valence electrons. The summed E-state index contributed by atoms with van der Waals surface area (Å²) in [5, 5.41) is 5.10. The van der Waals surface area contributed by atoms with Gasteiger partial charge in [-0.25, -0.2) is 12.9 Å². The fourth-order valence-corrected chi connectivity index (χ4v) is 4.64. The van der Waals surface area contributed by atoms with Gasteiger partial charge in [-0.05, 0) is 54.3 Å². The summed E-state index contributed by atoms with van der Waals surface area (Å²) in [5.74, 6) is 0.318. The molecule has 0 fully saturated rings. The monoisotopic (exact) mass is 453 g/mol. The molecule has 0 aliphatic rings. The minimum Gasteiger partial charge on any atom is -0.263 e. The van der Waals surface area contributed by atoms with Gasteiger partial charge in [0.15, 0.2) is 0 Å². The molecule has 0 atom stereocenters. The first-order valence-electron chi connectivity index (χ1n) is 9.93. The molecule has 0 unspecified atom stereocenters. The largest absolute Gasteiger partial charge is 0.263 e. The molecule has 0 spiro atoms. The van der Waals surface area contributed by atoms with Gasteiger partial charge < -0.3 is 0 Å². The highest BCUT2D eigenvalue weighted by molar-refractivity contribution is 7.92. The van der Waals surface area contributed by atoms with Crippen LogP contribution in [0.25, 0.3) is 16.8 Å². The molecule has 31 heavy (non-hydrogen) atoms. The van der Waals surface area contributed by atoms with Gasteiger partial charge in [0.25, 0.3) is 10.0 Å². The maximum absolute atomic E-state index is 13.0. The lowest BCUT2D eigenvalue weighted by Crippen LogP contribution is -2.16. The SMILES string of the molecule is Cc1cccc(-c2cc3c(Cl)ccc(NS(=O)(=O)c4ccc(C(C)(C)C)cc4)n3n2)c1. The summed E-state index contributed by atoms with van der Waals surface area (Å²) in [6.45, 7) is 8.27. The molecule has 4 aromatic rings. The van der Waals surface area contributed by atoms with Crippen molar-refractivity contribution in [2.24, 2.45) is 0 Å².